The number of amides is 3. The Morgan fingerprint density at radius 2 is 1.46 bits per heavy atom. The van der Waals surface area contributed by atoms with Crippen LogP contribution in [-0.2, 0) is 19.8 Å². The molecule has 11 nitrogen and oxygen atoms in total. The standard InChI is InChI=1S/C39H39N3O8/c1-25-22-42(37(45)41-34(25)40-35(44)26-10-6-4-7-11-26)36-32-33(43)38(50-36,23-48-32)24-49-39(27-12-8-5-9-13-27,28-14-18-30(46-2)19-15-28)29-16-20-31(47-3)21-17-29/h4-22,32-34,36,43H,23-24H2,1-3H3,(H,40,44)(H,41,45)/t32-,33+,34?,36-,38-/m1/s1. The second-order valence-electron chi connectivity index (χ2n) is 12.6. The molecule has 4 aromatic carbocycles. The number of methoxy groups -OCH3 is 2. The number of urea groups is 1. The summed E-state index contributed by atoms with van der Waals surface area (Å²) >= 11 is 0. The van der Waals surface area contributed by atoms with Crippen LogP contribution in [0.25, 0.3) is 0 Å². The van der Waals surface area contributed by atoms with Gasteiger partial charge in [-0.3, -0.25) is 9.69 Å². The van der Waals surface area contributed by atoms with Crippen LogP contribution in [0.15, 0.2) is 121 Å². The van der Waals surface area contributed by atoms with Crippen LogP contribution in [0.3, 0.4) is 0 Å². The molecule has 3 heterocycles. The van der Waals surface area contributed by atoms with Gasteiger partial charge >= 0.3 is 6.03 Å². The number of benzene rings is 4. The summed E-state index contributed by atoms with van der Waals surface area (Å²) in [5.74, 6) is 1.07. The molecule has 2 fully saturated rings. The predicted octanol–water partition coefficient (Wildman–Crippen LogP) is 4.55. The fourth-order valence-electron chi connectivity index (χ4n) is 6.85. The third-order valence-electron chi connectivity index (χ3n) is 9.60. The van der Waals surface area contributed by atoms with Crippen LogP contribution in [0, 0.1) is 0 Å². The first-order chi connectivity index (χ1) is 24.3. The predicted molar refractivity (Wildman–Crippen MR) is 183 cm³/mol. The average Bonchev–Trinajstić information content (AvgIpc) is 3.62. The lowest BCUT2D eigenvalue weighted by molar-refractivity contribution is -0.205. The number of carbonyl (C=O) groups is 2. The van der Waals surface area contributed by atoms with E-state index in [1.165, 1.54) is 4.90 Å². The number of carbonyl (C=O) groups excluding carboxylic acids is 2. The monoisotopic (exact) mass is 677 g/mol. The summed E-state index contributed by atoms with van der Waals surface area (Å²) < 4.78 is 30.7. The van der Waals surface area contributed by atoms with Crippen molar-refractivity contribution in [2.45, 2.75) is 42.7 Å². The van der Waals surface area contributed by atoms with E-state index in [4.69, 9.17) is 23.7 Å². The van der Waals surface area contributed by atoms with Gasteiger partial charge in [0, 0.05) is 11.8 Å². The highest BCUT2D eigenvalue weighted by atomic mass is 16.7. The number of fused-ring (bicyclic) bond motifs is 2. The molecule has 0 radical (unpaired) electrons. The van der Waals surface area contributed by atoms with Gasteiger partial charge in [-0.2, -0.15) is 0 Å². The maximum Gasteiger partial charge on any atom is 0.325 e. The molecule has 0 aliphatic carbocycles. The zero-order chi connectivity index (χ0) is 34.9. The molecule has 50 heavy (non-hydrogen) atoms. The topological polar surface area (TPSA) is 128 Å². The second-order valence-corrected chi connectivity index (χ2v) is 12.6. The lowest BCUT2D eigenvalue weighted by Gasteiger charge is -2.41. The van der Waals surface area contributed by atoms with Gasteiger partial charge in [-0.25, -0.2) is 4.79 Å². The Balaban J connectivity index is 1.18. The van der Waals surface area contributed by atoms with Crippen molar-refractivity contribution in [3.8, 4) is 11.5 Å². The highest BCUT2D eigenvalue weighted by Crippen LogP contribution is 2.47. The van der Waals surface area contributed by atoms with Crippen LogP contribution >= 0.6 is 0 Å². The molecule has 0 saturated carbocycles. The average molecular weight is 678 g/mol. The van der Waals surface area contributed by atoms with E-state index in [9.17, 15) is 14.7 Å². The normalized spacial score (nSPS) is 24.4. The fraction of sp³-hybridized carbons (Fsp3) is 0.282. The van der Waals surface area contributed by atoms with E-state index in [-0.39, 0.29) is 19.1 Å². The fourth-order valence-corrected chi connectivity index (χ4v) is 6.85. The highest BCUT2D eigenvalue weighted by Gasteiger charge is 2.64. The van der Waals surface area contributed by atoms with E-state index in [1.54, 1.807) is 51.6 Å². The molecule has 258 valence electrons. The smallest absolute Gasteiger partial charge is 0.325 e. The third kappa shape index (κ3) is 5.88. The Morgan fingerprint density at radius 1 is 0.900 bits per heavy atom. The van der Waals surface area contributed by atoms with Gasteiger partial charge in [-0.05, 0) is 65.6 Å². The van der Waals surface area contributed by atoms with E-state index in [0.29, 0.717) is 22.6 Å². The number of aliphatic hydroxyl groups is 1. The molecule has 4 aromatic rings. The number of ether oxygens (including phenoxy) is 5. The zero-order valence-corrected chi connectivity index (χ0v) is 27.9. The molecule has 7 rings (SSSR count). The summed E-state index contributed by atoms with van der Waals surface area (Å²) in [4.78, 5) is 27.6. The first-order valence-electron chi connectivity index (χ1n) is 16.4. The first-order valence-corrected chi connectivity index (χ1v) is 16.4. The molecule has 3 amide bonds. The Hall–Kier alpha value is -5.20. The summed E-state index contributed by atoms with van der Waals surface area (Å²) in [7, 11) is 3.23. The molecule has 3 N–H and O–H groups in total. The number of aliphatic hydroxyl groups excluding tert-OH is 1. The van der Waals surface area contributed by atoms with Crippen LogP contribution in [0.2, 0.25) is 0 Å². The maximum atomic E-state index is 13.5. The molecule has 2 bridgehead atoms. The Bertz CT molecular complexity index is 1800. The summed E-state index contributed by atoms with van der Waals surface area (Å²) in [6, 6.07) is 33.4. The Labute approximate surface area is 290 Å². The van der Waals surface area contributed by atoms with Gasteiger partial charge in [0.05, 0.1) is 27.4 Å². The van der Waals surface area contributed by atoms with Crippen molar-refractivity contribution in [2.24, 2.45) is 0 Å². The molecule has 11 heteroatoms. The molecular formula is C39H39N3O8. The van der Waals surface area contributed by atoms with Crippen molar-refractivity contribution < 1.29 is 38.4 Å². The minimum Gasteiger partial charge on any atom is -0.497 e. The molecule has 3 aliphatic rings. The summed E-state index contributed by atoms with van der Waals surface area (Å²) in [6.07, 6.45) is -2.00. The number of rotatable bonds is 11. The van der Waals surface area contributed by atoms with Crippen molar-refractivity contribution in [2.75, 3.05) is 27.4 Å². The van der Waals surface area contributed by atoms with E-state index in [1.807, 2.05) is 84.9 Å². The summed E-state index contributed by atoms with van der Waals surface area (Å²) in [5, 5.41) is 17.4. The highest BCUT2D eigenvalue weighted by molar-refractivity contribution is 5.95. The van der Waals surface area contributed by atoms with Crippen molar-refractivity contribution in [1.82, 2.24) is 15.5 Å². The summed E-state index contributed by atoms with van der Waals surface area (Å²) in [6.45, 7) is 1.77. The van der Waals surface area contributed by atoms with Crippen molar-refractivity contribution in [3.63, 3.8) is 0 Å². The maximum absolute atomic E-state index is 13.5. The lowest BCUT2D eigenvalue weighted by Crippen LogP contribution is -2.59. The number of nitrogens with zero attached hydrogens (tertiary/aromatic N) is 1. The first kappa shape index (κ1) is 33.3. The minimum absolute atomic E-state index is 0.0549. The van der Waals surface area contributed by atoms with Gasteiger partial charge in [-0.15, -0.1) is 0 Å². The molecule has 1 unspecified atom stereocenters. The van der Waals surface area contributed by atoms with Crippen molar-refractivity contribution in [1.29, 1.82) is 0 Å². The van der Waals surface area contributed by atoms with Crippen molar-refractivity contribution in [3.05, 3.63) is 143 Å². The third-order valence-corrected chi connectivity index (χ3v) is 9.60. The molecule has 3 aliphatic heterocycles. The van der Waals surface area contributed by atoms with Gasteiger partial charge in [0.25, 0.3) is 5.91 Å². The number of hydrogen-bond donors (Lipinski definition) is 3. The molecule has 5 atom stereocenters. The quantitative estimate of drug-likeness (QED) is 0.198. The summed E-state index contributed by atoms with van der Waals surface area (Å²) in [5.41, 5.74) is 1.19. The second kappa shape index (κ2) is 13.6. The van der Waals surface area contributed by atoms with Crippen LogP contribution in [0.4, 0.5) is 4.79 Å². The van der Waals surface area contributed by atoms with E-state index < -0.39 is 41.8 Å². The van der Waals surface area contributed by atoms with Gasteiger partial charge in [0.1, 0.15) is 41.1 Å². The SMILES string of the molecule is COc1ccc(C(OC[C@@]23CO[C@@H]([C@H](N4C=C(C)C(NC(=O)c5ccccc5)NC4=O)O2)[C@@H]3O)(c2ccccc2)c2ccc(OC)cc2)cc1. The van der Waals surface area contributed by atoms with E-state index in [0.717, 1.165) is 16.7 Å². The number of nitrogens with one attached hydrogen (secondary N) is 2. The van der Waals surface area contributed by atoms with Gasteiger partial charge in [0.2, 0.25) is 0 Å². The molecule has 0 aromatic heterocycles. The Morgan fingerprint density at radius 3 is 2.04 bits per heavy atom. The van der Waals surface area contributed by atoms with Gasteiger partial charge in [-0.1, -0.05) is 72.8 Å². The zero-order valence-electron chi connectivity index (χ0n) is 27.9. The van der Waals surface area contributed by atoms with Crippen molar-refractivity contribution >= 4 is 11.9 Å². The van der Waals surface area contributed by atoms with Crippen LogP contribution in [0.1, 0.15) is 34.0 Å². The molecular weight excluding hydrogens is 638 g/mol. The molecule has 0 spiro atoms. The Kier molecular flexibility index (Phi) is 9.06. The van der Waals surface area contributed by atoms with Gasteiger partial charge in [0.15, 0.2) is 6.23 Å². The number of hydrogen-bond acceptors (Lipinski definition) is 8. The lowest BCUT2D eigenvalue weighted by atomic mass is 9.79. The van der Waals surface area contributed by atoms with Crippen LogP contribution in [-0.4, -0.2) is 79.6 Å². The van der Waals surface area contributed by atoms with Crippen LogP contribution in [0.5, 0.6) is 11.5 Å². The minimum atomic E-state index is -1.30. The van der Waals surface area contributed by atoms with Gasteiger partial charge < -0.3 is 39.4 Å². The van der Waals surface area contributed by atoms with E-state index in [2.05, 4.69) is 10.6 Å². The molecule has 2 saturated heterocycles. The largest absolute Gasteiger partial charge is 0.497 e. The van der Waals surface area contributed by atoms with Crippen LogP contribution < -0.4 is 20.1 Å². The van der Waals surface area contributed by atoms with E-state index >= 15 is 0 Å².